The lowest BCUT2D eigenvalue weighted by Gasteiger charge is -2.01. The van der Waals surface area contributed by atoms with Crippen molar-refractivity contribution < 1.29 is 13.0 Å². The maximum absolute atomic E-state index is 11.1. The molecule has 0 saturated carbocycles. The highest BCUT2D eigenvalue weighted by atomic mass is 127. The van der Waals surface area contributed by atoms with E-state index in [0.717, 1.165) is 11.1 Å². The third kappa shape index (κ3) is 2.69. The summed E-state index contributed by atoms with van der Waals surface area (Å²) in [5, 5.41) is -0.439. The minimum atomic E-state index is -4.33. The number of H-pyrrole nitrogens is 1. The molecule has 1 aromatic heterocycles. The molecule has 104 valence electrons. The average Bonchev–Trinajstić information content (AvgIpc) is 2.83. The highest BCUT2D eigenvalue weighted by Gasteiger charge is 2.17. The first-order chi connectivity index (χ1) is 9.05. The summed E-state index contributed by atoms with van der Waals surface area (Å²) >= 11 is 0. The second kappa shape index (κ2) is 5.51. The summed E-state index contributed by atoms with van der Waals surface area (Å²) in [6.07, 6.45) is 0. The Morgan fingerprint density at radius 3 is 2.35 bits per heavy atom. The molecular formula is C13H11IN2O3S. The molecule has 0 saturated heterocycles. The van der Waals surface area contributed by atoms with Crippen molar-refractivity contribution in [1.82, 2.24) is 9.97 Å². The number of hydrogen-bond donors (Lipinski definition) is 2. The highest BCUT2D eigenvalue weighted by Crippen LogP contribution is 2.27. The Labute approximate surface area is 132 Å². The van der Waals surface area contributed by atoms with E-state index >= 15 is 0 Å². The number of fused-ring (bicyclic) bond motifs is 1. The monoisotopic (exact) mass is 402 g/mol. The van der Waals surface area contributed by atoms with Crippen LogP contribution in [0.1, 0.15) is 0 Å². The first kappa shape index (κ1) is 14.9. The molecular weight excluding hydrogens is 391 g/mol. The van der Waals surface area contributed by atoms with Gasteiger partial charge in [-0.2, -0.15) is 8.42 Å². The molecule has 1 heterocycles. The van der Waals surface area contributed by atoms with Crippen LogP contribution in [0.25, 0.3) is 22.2 Å². The maximum atomic E-state index is 11.1. The summed E-state index contributed by atoms with van der Waals surface area (Å²) in [6.45, 7) is 0. The standard InChI is InChI=1S/C13H10N2O3S.HI/c16-19(17,18)13-14-11-8-4-7-10(12(11)15-13)9-5-2-1-3-6-9;/h1-8H,(H,14,15)(H,16,17,18);1H. The van der Waals surface area contributed by atoms with Crippen molar-refractivity contribution in [3.63, 3.8) is 0 Å². The Hall–Kier alpha value is -1.45. The molecule has 0 bridgehead atoms. The van der Waals surface area contributed by atoms with Gasteiger partial charge in [-0.1, -0.05) is 42.5 Å². The van der Waals surface area contributed by atoms with Crippen LogP contribution in [0.15, 0.2) is 53.7 Å². The lowest BCUT2D eigenvalue weighted by Crippen LogP contribution is -1.99. The van der Waals surface area contributed by atoms with Gasteiger partial charge in [0.05, 0.1) is 11.0 Å². The summed E-state index contributed by atoms with van der Waals surface area (Å²) in [6, 6.07) is 14.9. The third-order valence-corrected chi connectivity index (χ3v) is 3.50. The molecule has 0 atom stereocenters. The van der Waals surface area contributed by atoms with Gasteiger partial charge in [0.15, 0.2) is 0 Å². The number of nitrogens with zero attached hydrogens (tertiary/aromatic N) is 1. The number of benzene rings is 2. The molecule has 0 aliphatic rings. The van der Waals surface area contributed by atoms with E-state index in [2.05, 4.69) is 9.97 Å². The van der Waals surface area contributed by atoms with E-state index in [9.17, 15) is 8.42 Å². The van der Waals surface area contributed by atoms with Gasteiger partial charge in [-0.25, -0.2) is 4.98 Å². The van der Waals surface area contributed by atoms with Crippen molar-refractivity contribution in [1.29, 1.82) is 0 Å². The Balaban J connectivity index is 0.00000147. The predicted molar refractivity (Wildman–Crippen MR) is 86.8 cm³/mol. The second-order valence-corrected chi connectivity index (χ2v) is 5.42. The van der Waals surface area contributed by atoms with Crippen LogP contribution in [0, 0.1) is 0 Å². The summed E-state index contributed by atoms with van der Waals surface area (Å²) in [4.78, 5) is 6.56. The molecule has 0 spiro atoms. The molecule has 0 unspecified atom stereocenters. The zero-order valence-electron chi connectivity index (χ0n) is 10.1. The van der Waals surface area contributed by atoms with Crippen molar-refractivity contribution in [3.8, 4) is 11.1 Å². The molecule has 0 amide bonds. The van der Waals surface area contributed by atoms with Gasteiger partial charge in [0, 0.05) is 5.56 Å². The van der Waals surface area contributed by atoms with Crippen LogP contribution in [0.4, 0.5) is 0 Å². The van der Waals surface area contributed by atoms with Crippen LogP contribution in [-0.2, 0) is 10.1 Å². The van der Waals surface area contributed by atoms with E-state index in [0.29, 0.717) is 11.0 Å². The van der Waals surface area contributed by atoms with Crippen molar-refractivity contribution in [2.75, 3.05) is 0 Å². The molecule has 3 rings (SSSR count). The Morgan fingerprint density at radius 1 is 1.00 bits per heavy atom. The normalized spacial score (nSPS) is 11.2. The highest BCUT2D eigenvalue weighted by molar-refractivity contribution is 14.0. The Morgan fingerprint density at radius 2 is 1.70 bits per heavy atom. The number of aromatic nitrogens is 2. The van der Waals surface area contributed by atoms with Crippen molar-refractivity contribution >= 4 is 45.1 Å². The largest absolute Gasteiger partial charge is 0.328 e. The van der Waals surface area contributed by atoms with E-state index < -0.39 is 15.3 Å². The number of rotatable bonds is 2. The minimum absolute atomic E-state index is 0. The van der Waals surface area contributed by atoms with E-state index in [1.807, 2.05) is 36.4 Å². The molecule has 20 heavy (non-hydrogen) atoms. The summed E-state index contributed by atoms with van der Waals surface area (Å²) in [7, 11) is -4.33. The SMILES string of the molecule is I.O=S(=O)(O)c1nc2c(-c3ccccc3)cccc2[nH]1. The molecule has 3 aromatic rings. The molecule has 0 radical (unpaired) electrons. The fourth-order valence-electron chi connectivity index (χ4n) is 1.98. The van der Waals surface area contributed by atoms with Gasteiger partial charge in [0.1, 0.15) is 0 Å². The average molecular weight is 402 g/mol. The predicted octanol–water partition coefficient (Wildman–Crippen LogP) is 3.09. The summed E-state index contributed by atoms with van der Waals surface area (Å²) < 4.78 is 31.3. The van der Waals surface area contributed by atoms with Crippen LogP contribution < -0.4 is 0 Å². The van der Waals surface area contributed by atoms with Gasteiger partial charge in [-0.15, -0.1) is 24.0 Å². The number of halogens is 1. The third-order valence-electron chi connectivity index (χ3n) is 2.82. The number of nitrogens with one attached hydrogen (secondary N) is 1. The van der Waals surface area contributed by atoms with Gasteiger partial charge in [-0.3, -0.25) is 4.55 Å². The number of para-hydroxylation sites is 1. The lowest BCUT2D eigenvalue weighted by molar-refractivity contribution is 0.476. The van der Waals surface area contributed by atoms with Crippen LogP contribution in [0.2, 0.25) is 0 Å². The van der Waals surface area contributed by atoms with Gasteiger partial charge in [-0.05, 0) is 11.6 Å². The zero-order valence-corrected chi connectivity index (χ0v) is 13.3. The van der Waals surface area contributed by atoms with Crippen LogP contribution in [0.3, 0.4) is 0 Å². The molecule has 0 aliphatic heterocycles. The lowest BCUT2D eigenvalue weighted by atomic mass is 10.0. The summed E-state index contributed by atoms with van der Waals surface area (Å²) in [5.74, 6) is 0. The van der Waals surface area contributed by atoms with Gasteiger partial charge >= 0.3 is 10.1 Å². The molecule has 2 N–H and O–H groups in total. The molecule has 0 fully saturated rings. The van der Waals surface area contributed by atoms with Crippen LogP contribution in [-0.4, -0.2) is 22.9 Å². The maximum Gasteiger partial charge on any atom is 0.328 e. The molecule has 5 nitrogen and oxygen atoms in total. The smallest absolute Gasteiger partial charge is 0.327 e. The molecule has 2 aromatic carbocycles. The summed E-state index contributed by atoms with van der Waals surface area (Å²) in [5.41, 5.74) is 2.82. The van der Waals surface area contributed by atoms with E-state index in [1.54, 1.807) is 12.1 Å². The van der Waals surface area contributed by atoms with E-state index in [-0.39, 0.29) is 24.0 Å². The fraction of sp³-hybridized carbons (Fsp3) is 0. The van der Waals surface area contributed by atoms with Crippen LogP contribution in [0.5, 0.6) is 0 Å². The number of hydrogen-bond acceptors (Lipinski definition) is 3. The van der Waals surface area contributed by atoms with Gasteiger partial charge in [0.25, 0.3) is 5.16 Å². The number of aromatic amines is 1. The topological polar surface area (TPSA) is 83.1 Å². The van der Waals surface area contributed by atoms with Crippen LogP contribution >= 0.6 is 24.0 Å². The van der Waals surface area contributed by atoms with Gasteiger partial charge < -0.3 is 4.98 Å². The first-order valence-electron chi connectivity index (χ1n) is 5.57. The fourth-order valence-corrected chi connectivity index (χ4v) is 2.43. The Kier molecular flexibility index (Phi) is 4.11. The second-order valence-electron chi connectivity index (χ2n) is 4.08. The van der Waals surface area contributed by atoms with Crippen molar-refractivity contribution in [2.24, 2.45) is 0 Å². The zero-order chi connectivity index (χ0) is 13.5. The Bertz CT molecular complexity index is 844. The number of imidazole rings is 1. The van der Waals surface area contributed by atoms with Gasteiger partial charge in [0.2, 0.25) is 0 Å². The van der Waals surface area contributed by atoms with E-state index in [1.165, 1.54) is 0 Å². The minimum Gasteiger partial charge on any atom is -0.327 e. The molecule has 0 aliphatic carbocycles. The molecule has 7 heteroatoms. The van der Waals surface area contributed by atoms with Crippen molar-refractivity contribution in [3.05, 3.63) is 48.5 Å². The van der Waals surface area contributed by atoms with E-state index in [4.69, 9.17) is 4.55 Å². The quantitative estimate of drug-likeness (QED) is 0.510. The van der Waals surface area contributed by atoms with Crippen molar-refractivity contribution in [2.45, 2.75) is 5.16 Å². The first-order valence-corrected chi connectivity index (χ1v) is 7.01.